The second kappa shape index (κ2) is 6.86. The largest absolute Gasteiger partial charge is 0.334 e. The molecule has 0 atom stereocenters. The molecule has 1 aromatic heterocycles. The van der Waals surface area contributed by atoms with Gasteiger partial charge in [0.15, 0.2) is 0 Å². The molecule has 2 fully saturated rings. The number of nitrogens with one attached hydrogen (secondary N) is 1. The number of aromatic nitrogens is 3. The topological polar surface area (TPSA) is 63.1 Å². The van der Waals surface area contributed by atoms with Crippen LogP contribution in [0.25, 0.3) is 0 Å². The van der Waals surface area contributed by atoms with E-state index in [9.17, 15) is 4.79 Å². The number of hydrogen-bond acceptors (Lipinski definition) is 3. The maximum absolute atomic E-state index is 12.5. The molecule has 0 bridgehead atoms. The highest BCUT2D eigenvalue weighted by molar-refractivity contribution is 5.74. The van der Waals surface area contributed by atoms with E-state index in [0.717, 1.165) is 17.4 Å². The van der Waals surface area contributed by atoms with Gasteiger partial charge in [0.05, 0.1) is 6.54 Å². The van der Waals surface area contributed by atoms with Crippen LogP contribution in [-0.2, 0) is 13.1 Å². The first-order valence-corrected chi connectivity index (χ1v) is 9.11. The van der Waals surface area contributed by atoms with Gasteiger partial charge < -0.3 is 10.2 Å². The Kier molecular flexibility index (Phi) is 4.42. The van der Waals surface area contributed by atoms with E-state index in [2.05, 4.69) is 39.7 Å². The number of nitrogens with zero attached hydrogens (tertiary/aromatic N) is 4. The van der Waals surface area contributed by atoms with Crippen molar-refractivity contribution in [1.82, 2.24) is 25.0 Å². The molecule has 132 valence electrons. The van der Waals surface area contributed by atoms with Crippen molar-refractivity contribution in [1.29, 1.82) is 0 Å². The van der Waals surface area contributed by atoms with E-state index in [0.29, 0.717) is 19.1 Å². The highest BCUT2D eigenvalue weighted by atomic mass is 16.2. The van der Waals surface area contributed by atoms with Crippen LogP contribution in [0.5, 0.6) is 0 Å². The average molecular weight is 339 g/mol. The number of amides is 2. The molecule has 1 aromatic carbocycles. The highest BCUT2D eigenvalue weighted by Gasteiger charge is 2.44. The fraction of sp³-hybridized carbons (Fsp3) is 0.526. The summed E-state index contributed by atoms with van der Waals surface area (Å²) >= 11 is 0. The fourth-order valence-corrected chi connectivity index (χ4v) is 3.59. The van der Waals surface area contributed by atoms with Crippen LogP contribution >= 0.6 is 0 Å². The van der Waals surface area contributed by atoms with Crippen molar-refractivity contribution in [3.8, 4) is 0 Å². The predicted molar refractivity (Wildman–Crippen MR) is 94.8 cm³/mol. The van der Waals surface area contributed by atoms with E-state index in [-0.39, 0.29) is 6.03 Å². The van der Waals surface area contributed by atoms with Crippen molar-refractivity contribution in [2.75, 3.05) is 7.05 Å². The van der Waals surface area contributed by atoms with Crippen LogP contribution in [0.2, 0.25) is 0 Å². The summed E-state index contributed by atoms with van der Waals surface area (Å²) in [5.74, 6) is 1.47. The van der Waals surface area contributed by atoms with Crippen molar-refractivity contribution >= 4 is 6.03 Å². The molecule has 2 saturated carbocycles. The fourth-order valence-electron chi connectivity index (χ4n) is 3.59. The molecule has 25 heavy (non-hydrogen) atoms. The van der Waals surface area contributed by atoms with Crippen LogP contribution in [-0.4, -0.2) is 38.8 Å². The lowest BCUT2D eigenvalue weighted by Crippen LogP contribution is -2.45. The van der Waals surface area contributed by atoms with Crippen LogP contribution in [0.3, 0.4) is 0 Å². The summed E-state index contributed by atoms with van der Waals surface area (Å²) in [6.45, 7) is 1.27. The smallest absolute Gasteiger partial charge is 0.317 e. The second-order valence-corrected chi connectivity index (χ2v) is 7.34. The van der Waals surface area contributed by atoms with Crippen LogP contribution in [0.4, 0.5) is 4.79 Å². The van der Waals surface area contributed by atoms with E-state index >= 15 is 0 Å². The third-order valence-corrected chi connectivity index (χ3v) is 5.26. The van der Waals surface area contributed by atoms with Gasteiger partial charge in [-0.25, -0.2) is 14.5 Å². The van der Waals surface area contributed by atoms with Crippen LogP contribution in [0.15, 0.2) is 36.9 Å². The Morgan fingerprint density at radius 2 is 1.84 bits per heavy atom. The molecule has 0 unspecified atom stereocenters. The Hall–Kier alpha value is -2.37. The Morgan fingerprint density at radius 3 is 2.40 bits per heavy atom. The van der Waals surface area contributed by atoms with Gasteiger partial charge in [-0.05, 0) is 48.6 Å². The molecule has 6 nitrogen and oxygen atoms in total. The van der Waals surface area contributed by atoms with Crippen LogP contribution in [0, 0.1) is 11.8 Å². The molecule has 2 aliphatic carbocycles. The zero-order valence-corrected chi connectivity index (χ0v) is 14.6. The van der Waals surface area contributed by atoms with Crippen LogP contribution < -0.4 is 5.32 Å². The minimum atomic E-state index is 0.0514. The van der Waals surface area contributed by atoms with Gasteiger partial charge in [-0.3, -0.25) is 0 Å². The number of benzene rings is 1. The molecular weight excluding hydrogens is 314 g/mol. The van der Waals surface area contributed by atoms with Gasteiger partial charge in [-0.1, -0.05) is 24.3 Å². The number of rotatable bonds is 7. The Balaban J connectivity index is 1.29. The van der Waals surface area contributed by atoms with Crippen molar-refractivity contribution in [2.45, 2.75) is 44.8 Å². The predicted octanol–water partition coefficient (Wildman–Crippen LogP) is 2.66. The molecule has 2 amide bonds. The van der Waals surface area contributed by atoms with Crippen molar-refractivity contribution in [2.24, 2.45) is 11.8 Å². The maximum Gasteiger partial charge on any atom is 0.317 e. The van der Waals surface area contributed by atoms with Gasteiger partial charge in [0, 0.05) is 19.6 Å². The standard InChI is InChI=1S/C19H25N5O/c1-23(18(16-6-7-16)17-8-9-17)19(25)21-10-14-2-4-15(5-3-14)11-24-13-20-12-22-24/h2-5,12-13,16-18H,6-11H2,1H3,(H,21,25). The molecule has 0 saturated heterocycles. The lowest BCUT2D eigenvalue weighted by atomic mass is 10.1. The zero-order chi connectivity index (χ0) is 17.2. The van der Waals surface area contributed by atoms with E-state index < -0.39 is 0 Å². The quantitative estimate of drug-likeness (QED) is 0.843. The second-order valence-electron chi connectivity index (χ2n) is 7.34. The minimum absolute atomic E-state index is 0.0514. The van der Waals surface area contributed by atoms with Gasteiger partial charge in [0.2, 0.25) is 0 Å². The lowest BCUT2D eigenvalue weighted by Gasteiger charge is -2.28. The first-order valence-electron chi connectivity index (χ1n) is 9.11. The monoisotopic (exact) mass is 339 g/mol. The van der Waals surface area contributed by atoms with Gasteiger partial charge in [0.25, 0.3) is 0 Å². The van der Waals surface area contributed by atoms with E-state index in [1.807, 2.05) is 11.9 Å². The normalized spacial score (nSPS) is 16.9. The highest BCUT2D eigenvalue weighted by Crippen LogP contribution is 2.46. The van der Waals surface area contributed by atoms with Gasteiger partial charge in [0.1, 0.15) is 12.7 Å². The van der Waals surface area contributed by atoms with Crippen molar-refractivity contribution < 1.29 is 4.79 Å². The summed E-state index contributed by atoms with van der Waals surface area (Å²) in [5.41, 5.74) is 2.28. The van der Waals surface area contributed by atoms with Crippen LogP contribution in [0.1, 0.15) is 36.8 Å². The molecule has 1 N–H and O–H groups in total. The molecule has 2 aromatic rings. The molecule has 1 heterocycles. The minimum Gasteiger partial charge on any atom is -0.334 e. The van der Waals surface area contributed by atoms with E-state index in [1.165, 1.54) is 37.6 Å². The summed E-state index contributed by atoms with van der Waals surface area (Å²) in [6.07, 6.45) is 8.38. The zero-order valence-electron chi connectivity index (χ0n) is 14.6. The molecule has 0 spiro atoms. The number of carbonyl (C=O) groups is 1. The lowest BCUT2D eigenvalue weighted by molar-refractivity contribution is 0.173. The SMILES string of the molecule is CN(C(=O)NCc1ccc(Cn2cncn2)cc1)C(C1CC1)C1CC1. The first-order chi connectivity index (χ1) is 12.2. The first kappa shape index (κ1) is 16.1. The number of hydrogen-bond donors (Lipinski definition) is 1. The maximum atomic E-state index is 12.5. The molecular formula is C19H25N5O. The Bertz CT molecular complexity index is 692. The third-order valence-electron chi connectivity index (χ3n) is 5.26. The third kappa shape index (κ3) is 4.00. The number of carbonyl (C=O) groups excluding carboxylic acids is 1. The molecule has 0 radical (unpaired) electrons. The van der Waals surface area contributed by atoms with Crippen molar-refractivity contribution in [3.63, 3.8) is 0 Å². The Morgan fingerprint density at radius 1 is 1.20 bits per heavy atom. The van der Waals surface area contributed by atoms with Gasteiger partial charge >= 0.3 is 6.03 Å². The summed E-state index contributed by atoms with van der Waals surface area (Å²) in [6, 6.07) is 8.77. The van der Waals surface area contributed by atoms with E-state index in [1.54, 1.807) is 11.0 Å². The Labute approximate surface area is 148 Å². The van der Waals surface area contributed by atoms with Gasteiger partial charge in [-0.2, -0.15) is 5.10 Å². The average Bonchev–Trinajstić information content (AvgIpc) is 3.56. The molecule has 6 heteroatoms. The summed E-state index contributed by atoms with van der Waals surface area (Å²) in [7, 11) is 1.96. The number of urea groups is 1. The molecule has 0 aliphatic heterocycles. The van der Waals surface area contributed by atoms with Crippen molar-refractivity contribution in [3.05, 3.63) is 48.0 Å². The molecule has 4 rings (SSSR count). The van der Waals surface area contributed by atoms with E-state index in [4.69, 9.17) is 0 Å². The molecule has 2 aliphatic rings. The summed E-state index contributed by atoms with van der Waals surface area (Å²) in [5, 5.41) is 7.18. The summed E-state index contributed by atoms with van der Waals surface area (Å²) in [4.78, 5) is 18.4. The summed E-state index contributed by atoms with van der Waals surface area (Å²) < 4.78 is 1.79. The van der Waals surface area contributed by atoms with Gasteiger partial charge in [-0.15, -0.1) is 0 Å².